The maximum absolute atomic E-state index is 12.9. The van der Waals surface area contributed by atoms with E-state index in [0.717, 1.165) is 22.5 Å². The van der Waals surface area contributed by atoms with Gasteiger partial charge in [0.15, 0.2) is 4.21 Å². The van der Waals surface area contributed by atoms with Gasteiger partial charge in [-0.05, 0) is 48.9 Å². The molecule has 3 aromatic rings. The molecular formula is C17H13ClFNO3S2. The molecule has 0 aliphatic heterocycles. The highest BCUT2D eigenvalue weighted by atomic mass is 35.7. The Morgan fingerprint density at radius 1 is 1.12 bits per heavy atom. The van der Waals surface area contributed by atoms with Gasteiger partial charge in [0, 0.05) is 16.2 Å². The second kappa shape index (κ2) is 7.11. The van der Waals surface area contributed by atoms with E-state index in [1.807, 2.05) is 0 Å². The molecule has 0 saturated carbocycles. The van der Waals surface area contributed by atoms with Crippen LogP contribution in [-0.2, 0) is 15.7 Å². The Morgan fingerprint density at radius 3 is 2.32 bits per heavy atom. The van der Waals surface area contributed by atoms with Gasteiger partial charge in [0.2, 0.25) is 0 Å². The molecule has 0 spiro atoms. The highest BCUT2D eigenvalue weighted by Gasteiger charge is 2.19. The van der Waals surface area contributed by atoms with Gasteiger partial charge in [-0.1, -0.05) is 12.1 Å². The molecular weight excluding hydrogens is 385 g/mol. The number of benzene rings is 2. The lowest BCUT2D eigenvalue weighted by Gasteiger charge is -2.06. The van der Waals surface area contributed by atoms with Crippen LogP contribution in [0.5, 0.6) is 5.75 Å². The fraction of sp³-hybridized carbons (Fsp3) is 0.118. The summed E-state index contributed by atoms with van der Waals surface area (Å²) >= 11 is 1.03. The second-order valence-corrected chi connectivity index (χ2v) is 9.03. The quantitative estimate of drug-likeness (QED) is 0.582. The van der Waals surface area contributed by atoms with Gasteiger partial charge in [0.25, 0.3) is 9.05 Å². The van der Waals surface area contributed by atoms with Crippen LogP contribution >= 0.6 is 22.0 Å². The standard InChI is InChI=1S/C17H13ClFNO3S2/c1-11-17(25(18,21)22)24-16(20-11)13-4-8-15(9-5-13)23-10-12-2-6-14(19)7-3-12/h2-9H,10H2,1H3. The molecule has 25 heavy (non-hydrogen) atoms. The lowest BCUT2D eigenvalue weighted by Crippen LogP contribution is -1.95. The van der Waals surface area contributed by atoms with Gasteiger partial charge in [0.05, 0.1) is 5.69 Å². The Kier molecular flexibility index (Phi) is 5.08. The zero-order valence-electron chi connectivity index (χ0n) is 13.1. The fourth-order valence-electron chi connectivity index (χ4n) is 2.17. The maximum atomic E-state index is 12.9. The van der Waals surface area contributed by atoms with Crippen molar-refractivity contribution in [1.82, 2.24) is 4.98 Å². The van der Waals surface area contributed by atoms with Crippen LogP contribution in [-0.4, -0.2) is 13.4 Å². The molecule has 130 valence electrons. The number of aryl methyl sites for hydroxylation is 1. The van der Waals surface area contributed by atoms with Gasteiger partial charge < -0.3 is 4.74 Å². The van der Waals surface area contributed by atoms with Crippen LogP contribution in [0.4, 0.5) is 4.39 Å². The maximum Gasteiger partial charge on any atom is 0.272 e. The molecule has 0 radical (unpaired) electrons. The number of aromatic nitrogens is 1. The van der Waals surface area contributed by atoms with E-state index in [4.69, 9.17) is 15.4 Å². The van der Waals surface area contributed by atoms with Crippen molar-refractivity contribution in [2.45, 2.75) is 17.7 Å². The fourth-order valence-corrected chi connectivity index (χ4v) is 4.63. The number of halogens is 2. The average Bonchev–Trinajstić information content (AvgIpc) is 2.97. The summed E-state index contributed by atoms with van der Waals surface area (Å²) in [5, 5.41) is 0.571. The van der Waals surface area contributed by atoms with E-state index in [1.54, 1.807) is 43.3 Å². The monoisotopic (exact) mass is 397 g/mol. The van der Waals surface area contributed by atoms with Crippen molar-refractivity contribution in [3.8, 4) is 16.3 Å². The van der Waals surface area contributed by atoms with Crippen molar-refractivity contribution in [3.05, 3.63) is 65.6 Å². The zero-order valence-corrected chi connectivity index (χ0v) is 15.5. The Morgan fingerprint density at radius 2 is 1.76 bits per heavy atom. The molecule has 0 aliphatic carbocycles. The van der Waals surface area contributed by atoms with E-state index in [0.29, 0.717) is 23.1 Å². The van der Waals surface area contributed by atoms with Crippen molar-refractivity contribution in [2.24, 2.45) is 0 Å². The Hall–Kier alpha value is -1.96. The normalized spacial score (nSPS) is 11.5. The van der Waals surface area contributed by atoms with Gasteiger partial charge in [-0.2, -0.15) is 0 Å². The first-order valence-corrected chi connectivity index (χ1v) is 10.4. The van der Waals surface area contributed by atoms with Gasteiger partial charge >= 0.3 is 0 Å². The minimum absolute atomic E-state index is 0.0563. The lowest BCUT2D eigenvalue weighted by atomic mass is 10.2. The largest absolute Gasteiger partial charge is 0.489 e. The van der Waals surface area contributed by atoms with E-state index in [1.165, 1.54) is 12.1 Å². The van der Waals surface area contributed by atoms with Crippen LogP contribution in [0.15, 0.2) is 52.7 Å². The van der Waals surface area contributed by atoms with Crippen LogP contribution in [0, 0.1) is 12.7 Å². The van der Waals surface area contributed by atoms with Crippen LogP contribution in [0.25, 0.3) is 10.6 Å². The predicted octanol–water partition coefficient (Wildman–Crippen LogP) is 4.76. The summed E-state index contributed by atoms with van der Waals surface area (Å²) in [6.07, 6.45) is 0. The van der Waals surface area contributed by atoms with E-state index in [9.17, 15) is 12.8 Å². The first-order chi connectivity index (χ1) is 11.8. The molecule has 8 heteroatoms. The molecule has 0 bridgehead atoms. The molecule has 0 atom stereocenters. The molecule has 3 rings (SSSR count). The van der Waals surface area contributed by atoms with Crippen molar-refractivity contribution < 1.29 is 17.5 Å². The summed E-state index contributed by atoms with van der Waals surface area (Å²) in [5.41, 5.74) is 2.01. The topological polar surface area (TPSA) is 56.3 Å². The molecule has 0 aliphatic rings. The highest BCUT2D eigenvalue weighted by molar-refractivity contribution is 8.15. The van der Waals surface area contributed by atoms with Crippen molar-refractivity contribution in [1.29, 1.82) is 0 Å². The van der Waals surface area contributed by atoms with Crippen LogP contribution in [0.3, 0.4) is 0 Å². The molecule has 4 nitrogen and oxygen atoms in total. The molecule has 0 fully saturated rings. The third-order valence-corrected chi connectivity index (χ3v) is 6.78. The van der Waals surface area contributed by atoms with Crippen LogP contribution in [0.2, 0.25) is 0 Å². The average molecular weight is 398 g/mol. The highest BCUT2D eigenvalue weighted by Crippen LogP contribution is 2.33. The minimum Gasteiger partial charge on any atom is -0.489 e. The lowest BCUT2D eigenvalue weighted by molar-refractivity contribution is 0.306. The summed E-state index contributed by atoms with van der Waals surface area (Å²) in [7, 11) is 1.60. The number of nitrogens with zero attached hydrogens (tertiary/aromatic N) is 1. The van der Waals surface area contributed by atoms with E-state index < -0.39 is 9.05 Å². The molecule has 0 saturated heterocycles. The molecule has 2 aromatic carbocycles. The summed E-state index contributed by atoms with van der Waals surface area (Å²) in [6.45, 7) is 1.93. The Bertz CT molecular complexity index is 984. The molecule has 1 aromatic heterocycles. The Balaban J connectivity index is 1.73. The predicted molar refractivity (Wildman–Crippen MR) is 96.1 cm³/mol. The van der Waals surface area contributed by atoms with Gasteiger partial charge in [0.1, 0.15) is 23.2 Å². The van der Waals surface area contributed by atoms with Crippen molar-refractivity contribution in [2.75, 3.05) is 0 Å². The van der Waals surface area contributed by atoms with Crippen molar-refractivity contribution in [3.63, 3.8) is 0 Å². The third kappa shape index (κ3) is 4.36. The molecule has 0 unspecified atom stereocenters. The number of hydrogen-bond acceptors (Lipinski definition) is 5. The van der Waals surface area contributed by atoms with E-state index in [2.05, 4.69) is 4.98 Å². The summed E-state index contributed by atoms with van der Waals surface area (Å²) in [5.74, 6) is 0.358. The Labute approximate surface area is 153 Å². The van der Waals surface area contributed by atoms with E-state index in [-0.39, 0.29) is 10.0 Å². The van der Waals surface area contributed by atoms with Crippen LogP contribution < -0.4 is 4.74 Å². The number of thiazole rings is 1. The number of rotatable bonds is 5. The number of hydrogen-bond donors (Lipinski definition) is 0. The summed E-state index contributed by atoms with van der Waals surface area (Å²) in [4.78, 5) is 4.26. The van der Waals surface area contributed by atoms with Crippen LogP contribution in [0.1, 0.15) is 11.3 Å². The molecule has 0 amide bonds. The minimum atomic E-state index is -3.79. The van der Waals surface area contributed by atoms with Gasteiger partial charge in [-0.3, -0.25) is 0 Å². The van der Waals surface area contributed by atoms with Gasteiger partial charge in [-0.15, -0.1) is 11.3 Å². The molecule has 0 N–H and O–H groups in total. The van der Waals surface area contributed by atoms with E-state index >= 15 is 0 Å². The zero-order chi connectivity index (χ0) is 18.0. The third-order valence-electron chi connectivity index (χ3n) is 3.40. The first kappa shape index (κ1) is 17.8. The molecule has 1 heterocycles. The summed E-state index contributed by atoms with van der Waals surface area (Å²) < 4.78 is 41.5. The summed E-state index contributed by atoms with van der Waals surface area (Å²) in [6, 6.07) is 13.2. The smallest absolute Gasteiger partial charge is 0.272 e. The SMILES string of the molecule is Cc1nc(-c2ccc(OCc3ccc(F)cc3)cc2)sc1S(=O)(=O)Cl. The number of ether oxygens (including phenoxy) is 1. The second-order valence-electron chi connectivity index (χ2n) is 5.27. The first-order valence-electron chi connectivity index (χ1n) is 7.23. The van der Waals surface area contributed by atoms with Crippen molar-refractivity contribution >= 4 is 31.1 Å². The van der Waals surface area contributed by atoms with Gasteiger partial charge in [-0.25, -0.2) is 17.8 Å².